The monoisotopic (exact) mass is 192 g/mol. The minimum Gasteiger partial charge on any atom is -0.239 e. The van der Waals surface area contributed by atoms with Gasteiger partial charge in [0.25, 0.3) is 0 Å². The van der Waals surface area contributed by atoms with Crippen molar-refractivity contribution in [2.24, 2.45) is 0 Å². The molecule has 1 aromatic carbocycles. The van der Waals surface area contributed by atoms with Gasteiger partial charge in [-0.1, -0.05) is 18.2 Å². The van der Waals surface area contributed by atoms with Crippen molar-refractivity contribution < 1.29 is 0 Å². The summed E-state index contributed by atoms with van der Waals surface area (Å²) in [5.41, 5.74) is 0.944. The lowest BCUT2D eigenvalue weighted by Crippen LogP contribution is -1.94. The second kappa shape index (κ2) is 3.30. The number of aromatic nitrogens is 2. The first-order valence-corrected chi connectivity index (χ1v) is 4.57. The zero-order valence-corrected chi connectivity index (χ0v) is 7.99. The number of rotatable bonds is 1. The molecule has 0 aliphatic rings. The molecule has 2 nitrogen and oxygen atoms in total. The van der Waals surface area contributed by atoms with Gasteiger partial charge in [-0.2, -0.15) is 0 Å². The lowest BCUT2D eigenvalue weighted by Gasteiger charge is -2.02. The van der Waals surface area contributed by atoms with Crippen LogP contribution in [0.25, 0.3) is 10.9 Å². The van der Waals surface area contributed by atoms with Crippen LogP contribution < -0.4 is 0 Å². The molecule has 0 spiro atoms. The predicted molar refractivity (Wildman–Crippen MR) is 53.8 cm³/mol. The van der Waals surface area contributed by atoms with Gasteiger partial charge in [-0.05, 0) is 13.0 Å². The molecule has 0 aliphatic heterocycles. The topological polar surface area (TPSA) is 25.8 Å². The molecule has 13 heavy (non-hydrogen) atoms. The fourth-order valence-electron chi connectivity index (χ4n) is 1.18. The summed E-state index contributed by atoms with van der Waals surface area (Å²) in [6, 6.07) is 7.87. The van der Waals surface area contributed by atoms with E-state index in [0.29, 0.717) is 5.82 Å². The lowest BCUT2D eigenvalue weighted by molar-refractivity contribution is 0.928. The molecule has 2 aromatic rings. The fourth-order valence-corrected chi connectivity index (χ4v) is 1.28. The third-order valence-electron chi connectivity index (χ3n) is 1.86. The van der Waals surface area contributed by atoms with E-state index < -0.39 is 0 Å². The summed E-state index contributed by atoms with van der Waals surface area (Å²) in [4.78, 5) is 8.50. The normalized spacial score (nSPS) is 13.1. The first-order chi connectivity index (χ1) is 6.27. The van der Waals surface area contributed by atoms with Crippen molar-refractivity contribution in [3.8, 4) is 0 Å². The van der Waals surface area contributed by atoms with Crippen molar-refractivity contribution >= 4 is 22.5 Å². The van der Waals surface area contributed by atoms with E-state index in [0.717, 1.165) is 10.9 Å². The molecule has 66 valence electrons. The van der Waals surface area contributed by atoms with Crippen molar-refractivity contribution in [2.75, 3.05) is 0 Å². The number of para-hydroxylation sites is 1. The van der Waals surface area contributed by atoms with Crippen molar-refractivity contribution in [2.45, 2.75) is 12.3 Å². The maximum Gasteiger partial charge on any atom is 0.146 e. The molecule has 0 radical (unpaired) electrons. The quantitative estimate of drug-likeness (QED) is 0.650. The third-order valence-corrected chi connectivity index (χ3v) is 2.06. The van der Waals surface area contributed by atoms with E-state index in [-0.39, 0.29) is 5.38 Å². The van der Waals surface area contributed by atoms with Crippen LogP contribution in [0.4, 0.5) is 0 Å². The van der Waals surface area contributed by atoms with Gasteiger partial charge in [-0.3, -0.25) is 0 Å². The van der Waals surface area contributed by atoms with Crippen LogP contribution in [0.5, 0.6) is 0 Å². The minimum atomic E-state index is -0.135. The molecular weight excluding hydrogens is 184 g/mol. The van der Waals surface area contributed by atoms with E-state index in [4.69, 9.17) is 11.6 Å². The molecule has 3 heteroatoms. The molecule has 1 unspecified atom stereocenters. The highest BCUT2D eigenvalue weighted by molar-refractivity contribution is 6.20. The Hall–Kier alpha value is -1.15. The molecule has 0 saturated carbocycles. The van der Waals surface area contributed by atoms with E-state index >= 15 is 0 Å². The van der Waals surface area contributed by atoms with Crippen LogP contribution in [0.2, 0.25) is 0 Å². The highest BCUT2D eigenvalue weighted by Crippen LogP contribution is 2.17. The molecule has 2 rings (SSSR count). The standard InChI is InChI=1S/C10H9ClN2/c1-7(11)10-12-6-8-4-2-3-5-9(8)13-10/h2-7H,1H3. The van der Waals surface area contributed by atoms with Gasteiger partial charge in [0.2, 0.25) is 0 Å². The summed E-state index contributed by atoms with van der Waals surface area (Å²) < 4.78 is 0. The molecule has 0 amide bonds. The maximum atomic E-state index is 5.88. The van der Waals surface area contributed by atoms with Gasteiger partial charge in [-0.15, -0.1) is 11.6 Å². The Labute approximate surface area is 81.6 Å². The van der Waals surface area contributed by atoms with Gasteiger partial charge in [0, 0.05) is 11.6 Å². The van der Waals surface area contributed by atoms with Crippen LogP contribution >= 0.6 is 11.6 Å². The van der Waals surface area contributed by atoms with E-state index in [1.54, 1.807) is 6.20 Å². The number of hydrogen-bond donors (Lipinski definition) is 0. The molecular formula is C10H9ClN2. The Kier molecular flexibility index (Phi) is 2.15. The van der Waals surface area contributed by atoms with Gasteiger partial charge >= 0.3 is 0 Å². The van der Waals surface area contributed by atoms with Gasteiger partial charge in [0.05, 0.1) is 10.9 Å². The Morgan fingerprint density at radius 1 is 1.31 bits per heavy atom. The summed E-state index contributed by atoms with van der Waals surface area (Å²) in [7, 11) is 0. The van der Waals surface area contributed by atoms with Crippen molar-refractivity contribution in [3.63, 3.8) is 0 Å². The van der Waals surface area contributed by atoms with Crippen molar-refractivity contribution in [1.82, 2.24) is 9.97 Å². The molecule has 0 saturated heterocycles. The second-order valence-electron chi connectivity index (χ2n) is 2.90. The van der Waals surface area contributed by atoms with Crippen LogP contribution in [0.1, 0.15) is 18.1 Å². The number of hydrogen-bond acceptors (Lipinski definition) is 2. The Morgan fingerprint density at radius 2 is 2.08 bits per heavy atom. The highest BCUT2D eigenvalue weighted by atomic mass is 35.5. The first kappa shape index (κ1) is 8.45. The van der Waals surface area contributed by atoms with Gasteiger partial charge < -0.3 is 0 Å². The lowest BCUT2D eigenvalue weighted by atomic mass is 10.2. The Bertz CT molecular complexity index is 426. The van der Waals surface area contributed by atoms with Crippen LogP contribution in [0.3, 0.4) is 0 Å². The predicted octanol–water partition coefficient (Wildman–Crippen LogP) is 2.93. The van der Waals surface area contributed by atoms with E-state index in [1.807, 2.05) is 31.2 Å². The van der Waals surface area contributed by atoms with Gasteiger partial charge in [0.15, 0.2) is 0 Å². The van der Waals surface area contributed by atoms with Crippen molar-refractivity contribution in [3.05, 3.63) is 36.3 Å². The zero-order valence-electron chi connectivity index (χ0n) is 7.24. The number of benzene rings is 1. The number of fused-ring (bicyclic) bond motifs is 1. The molecule has 0 aliphatic carbocycles. The Balaban J connectivity index is 2.62. The Morgan fingerprint density at radius 3 is 2.85 bits per heavy atom. The second-order valence-corrected chi connectivity index (χ2v) is 3.56. The summed E-state index contributed by atoms with van der Waals surface area (Å²) in [6.45, 7) is 1.87. The molecule has 1 aromatic heterocycles. The largest absolute Gasteiger partial charge is 0.239 e. The molecule has 0 N–H and O–H groups in total. The first-order valence-electron chi connectivity index (χ1n) is 4.13. The SMILES string of the molecule is CC(Cl)c1ncc2ccccc2n1. The average molecular weight is 193 g/mol. The van der Waals surface area contributed by atoms with Crippen LogP contribution in [0, 0.1) is 0 Å². The zero-order chi connectivity index (χ0) is 9.26. The fraction of sp³-hybridized carbons (Fsp3) is 0.200. The smallest absolute Gasteiger partial charge is 0.146 e. The van der Waals surface area contributed by atoms with Gasteiger partial charge in [-0.25, -0.2) is 9.97 Å². The third kappa shape index (κ3) is 1.63. The van der Waals surface area contributed by atoms with Crippen LogP contribution in [-0.4, -0.2) is 9.97 Å². The molecule has 1 atom stereocenters. The number of nitrogens with zero attached hydrogens (tertiary/aromatic N) is 2. The number of alkyl halides is 1. The van der Waals surface area contributed by atoms with Gasteiger partial charge in [0.1, 0.15) is 5.82 Å². The summed E-state index contributed by atoms with van der Waals surface area (Å²) in [5.74, 6) is 0.681. The maximum absolute atomic E-state index is 5.88. The van der Waals surface area contributed by atoms with E-state index in [2.05, 4.69) is 9.97 Å². The molecule has 1 heterocycles. The molecule has 0 fully saturated rings. The van der Waals surface area contributed by atoms with E-state index in [9.17, 15) is 0 Å². The van der Waals surface area contributed by atoms with Crippen molar-refractivity contribution in [1.29, 1.82) is 0 Å². The van der Waals surface area contributed by atoms with Crippen LogP contribution in [0.15, 0.2) is 30.5 Å². The minimum absolute atomic E-state index is 0.135. The summed E-state index contributed by atoms with van der Waals surface area (Å²) in [5, 5.41) is 0.910. The van der Waals surface area contributed by atoms with Crippen LogP contribution in [-0.2, 0) is 0 Å². The number of halogens is 1. The highest BCUT2D eigenvalue weighted by Gasteiger charge is 2.04. The van der Waals surface area contributed by atoms with E-state index in [1.165, 1.54) is 0 Å². The summed E-state index contributed by atoms with van der Waals surface area (Å²) >= 11 is 5.88. The average Bonchev–Trinajstić information content (AvgIpc) is 2.17. The summed E-state index contributed by atoms with van der Waals surface area (Å²) in [6.07, 6.45) is 1.80. The molecule has 0 bridgehead atoms.